The van der Waals surface area contributed by atoms with Gasteiger partial charge < -0.3 is 58.3 Å². The zero-order valence-corrected chi connectivity index (χ0v) is 24.7. The first-order valence-corrected chi connectivity index (χ1v) is 16.3. The highest BCUT2D eigenvalue weighted by Gasteiger charge is 2.51. The molecule has 10 atom stereocenters. The van der Waals surface area contributed by atoms with Gasteiger partial charge in [0.2, 0.25) is 5.95 Å². The van der Waals surface area contributed by atoms with Gasteiger partial charge in [0.25, 0.3) is 26.8 Å². The lowest BCUT2D eigenvalue weighted by molar-refractivity contribution is -0.237. The molecule has 6 N–H and O–H groups in total. The van der Waals surface area contributed by atoms with Crippen molar-refractivity contribution in [3.8, 4) is 0 Å². The number of anilines is 1. The zero-order chi connectivity index (χ0) is 32.5. The van der Waals surface area contributed by atoms with E-state index in [1.807, 2.05) is 0 Å². The van der Waals surface area contributed by atoms with Crippen LogP contribution in [0.4, 0.5) is 5.95 Å². The number of aliphatic hydroxyl groups excluding tert-OH is 2. The Morgan fingerprint density at radius 2 is 1.46 bits per heavy atom. The van der Waals surface area contributed by atoms with Gasteiger partial charge in [0.1, 0.15) is 30.5 Å². The summed E-state index contributed by atoms with van der Waals surface area (Å²) in [6, 6.07) is 0. The quantitative estimate of drug-likeness (QED) is 0.128. The summed E-state index contributed by atoms with van der Waals surface area (Å²) in [5.41, 5.74) is 3.92. The van der Waals surface area contributed by atoms with Gasteiger partial charge in [-0.15, -0.1) is 0 Å². The molecule has 0 saturated carbocycles. The number of H-pyrrole nitrogens is 2. The monoisotopic (exact) mass is 687 g/mol. The third-order valence-electron chi connectivity index (χ3n) is 7.53. The van der Waals surface area contributed by atoms with Crippen LogP contribution < -0.4 is 26.6 Å². The summed E-state index contributed by atoms with van der Waals surface area (Å²) >= 11 is 0. The summed E-state index contributed by atoms with van der Waals surface area (Å²) in [4.78, 5) is 70.6. The number of phosphoric acid groups is 2. The molecule has 0 spiro atoms. The van der Waals surface area contributed by atoms with Crippen LogP contribution in [0.2, 0.25) is 0 Å². The number of nitrogens with two attached hydrogens (primary N) is 1. The Bertz CT molecular complexity index is 2010. The van der Waals surface area contributed by atoms with Crippen LogP contribution in [0.1, 0.15) is 18.9 Å². The number of hydrogen-bond acceptors (Lipinski definition) is 19. The van der Waals surface area contributed by atoms with Gasteiger partial charge in [-0.25, -0.2) is 15.0 Å². The fourth-order valence-corrected chi connectivity index (χ4v) is 7.41. The lowest BCUT2D eigenvalue weighted by atomic mass is 10.1. The zero-order valence-electron chi connectivity index (χ0n) is 22.9. The van der Waals surface area contributed by atoms with Crippen molar-refractivity contribution in [2.45, 2.75) is 55.5 Å². The SMILES string of the molecule is Nc1nc2c(ncn2[C@@H]2O[C@H]3COP(=O)([O-])OC4[C@@H](CCOP(=O)([O-])OC3[C@@H]2O)O[C@@H](n2cnc3c(=O)[nH]cnc32)[C@H]4O)c(=O)[nH]1. The number of fused-ring (bicyclic) bond motifs is 4. The molecule has 4 unspecified atom stereocenters. The number of nitrogens with zero attached hydrogens (tertiary/aromatic N) is 6. The minimum Gasteiger partial charge on any atom is -0.756 e. The number of hydrogen-bond donors (Lipinski definition) is 5. The maximum atomic E-state index is 13.0. The summed E-state index contributed by atoms with van der Waals surface area (Å²) in [6.07, 6.45) is -9.84. The minimum absolute atomic E-state index is 0.00238. The Morgan fingerprint density at radius 1 is 0.870 bits per heavy atom. The van der Waals surface area contributed by atoms with Gasteiger partial charge in [0.05, 0.1) is 38.3 Å². The highest BCUT2D eigenvalue weighted by Crippen LogP contribution is 2.50. The molecule has 248 valence electrons. The van der Waals surface area contributed by atoms with E-state index < -0.39 is 89.1 Å². The summed E-state index contributed by atoms with van der Waals surface area (Å²) in [6.45, 7) is -1.59. The highest BCUT2D eigenvalue weighted by atomic mass is 31.2. The summed E-state index contributed by atoms with van der Waals surface area (Å²) in [5, 5.41) is 22.2. The van der Waals surface area contributed by atoms with E-state index in [1.165, 1.54) is 4.57 Å². The molecule has 4 aromatic heterocycles. The summed E-state index contributed by atoms with van der Waals surface area (Å²) in [7, 11) is -10.6. The van der Waals surface area contributed by atoms with Crippen LogP contribution in [0.5, 0.6) is 0 Å². The fraction of sp³-hybridized carbons (Fsp3) is 0.524. The Hall–Kier alpha value is -3.44. The van der Waals surface area contributed by atoms with E-state index in [4.69, 9.17) is 33.3 Å². The lowest BCUT2D eigenvalue weighted by Crippen LogP contribution is -2.38. The second kappa shape index (κ2) is 11.4. The number of aliphatic hydroxyl groups is 2. The first-order valence-electron chi connectivity index (χ1n) is 13.4. The van der Waals surface area contributed by atoms with Crippen LogP contribution >= 0.6 is 15.6 Å². The van der Waals surface area contributed by atoms with Crippen molar-refractivity contribution in [2.75, 3.05) is 18.9 Å². The topological polar surface area (TPSA) is 329 Å². The first kappa shape index (κ1) is 31.2. The standard InChI is InChI=1S/C21H25N9O14P2/c22-21-27-16-10(18(34)28-21)26-6-30(16)20-12(32)14-8(42-20)3-40-46(37,38)43-13-7(1-2-39-45(35,36)44-14)41-19(11(13)31)29-5-25-9-15(29)23-4-24-17(9)33/h4-8,11-14,19-20,31-32H,1-3H2,(H,35,36)(H,37,38)(H,23,24,33)(H3,22,27,28,34)/p-2/t7-,8+,11+,12+,13?,14?,19-,20-/m1/s1. The van der Waals surface area contributed by atoms with Gasteiger partial charge >= 0.3 is 0 Å². The number of phosphoric ester groups is 2. The molecule has 7 heterocycles. The van der Waals surface area contributed by atoms with E-state index in [9.17, 15) is 38.7 Å². The molecule has 7 rings (SSSR count). The second-order valence-electron chi connectivity index (χ2n) is 10.4. The largest absolute Gasteiger partial charge is 0.756 e. The molecular formula is C21H23N9O14P2-2. The number of ether oxygens (including phenoxy) is 2. The average molecular weight is 687 g/mol. The number of rotatable bonds is 2. The second-order valence-corrected chi connectivity index (χ2v) is 13.1. The van der Waals surface area contributed by atoms with Crippen molar-refractivity contribution < 1.29 is 56.7 Å². The molecule has 0 aromatic carbocycles. The van der Waals surface area contributed by atoms with E-state index in [1.54, 1.807) is 0 Å². The molecule has 0 aliphatic carbocycles. The van der Waals surface area contributed by atoms with Crippen LogP contribution in [0, 0.1) is 0 Å². The normalized spacial score (nSPS) is 37.4. The molecule has 4 aromatic rings. The van der Waals surface area contributed by atoms with Gasteiger partial charge in [-0.1, -0.05) is 0 Å². The molecule has 3 aliphatic heterocycles. The number of aromatic nitrogens is 8. The maximum Gasteiger partial charge on any atom is 0.280 e. The highest BCUT2D eigenvalue weighted by molar-refractivity contribution is 7.46. The minimum atomic E-state index is -5.34. The third kappa shape index (κ3) is 5.49. The molecular weight excluding hydrogens is 664 g/mol. The van der Waals surface area contributed by atoms with Crippen LogP contribution in [-0.4, -0.2) is 99.1 Å². The van der Waals surface area contributed by atoms with Gasteiger partial charge in [-0.2, -0.15) is 4.98 Å². The average Bonchev–Trinajstić information content (AvgIpc) is 3.74. The molecule has 25 heteroatoms. The van der Waals surface area contributed by atoms with Crippen molar-refractivity contribution in [3.63, 3.8) is 0 Å². The molecule has 3 aliphatic rings. The summed E-state index contributed by atoms with van der Waals surface area (Å²) < 4.78 is 60.0. The van der Waals surface area contributed by atoms with Crippen LogP contribution in [0.25, 0.3) is 22.3 Å². The van der Waals surface area contributed by atoms with Crippen molar-refractivity contribution in [2.24, 2.45) is 0 Å². The molecule has 0 amide bonds. The van der Waals surface area contributed by atoms with Crippen LogP contribution in [0.3, 0.4) is 0 Å². The van der Waals surface area contributed by atoms with E-state index in [2.05, 4.69) is 29.9 Å². The van der Waals surface area contributed by atoms with Gasteiger partial charge in [-0.05, 0) is 0 Å². The van der Waals surface area contributed by atoms with Crippen molar-refractivity contribution >= 4 is 43.9 Å². The maximum absolute atomic E-state index is 13.0. The Balaban J connectivity index is 1.17. The van der Waals surface area contributed by atoms with Gasteiger partial charge in [0.15, 0.2) is 34.8 Å². The molecule has 0 radical (unpaired) electrons. The molecule has 46 heavy (non-hydrogen) atoms. The van der Waals surface area contributed by atoms with Gasteiger partial charge in [-0.3, -0.25) is 32.8 Å². The van der Waals surface area contributed by atoms with E-state index in [-0.39, 0.29) is 34.7 Å². The molecule has 3 fully saturated rings. The number of nitrogen functional groups attached to an aromatic ring is 1. The predicted molar refractivity (Wildman–Crippen MR) is 142 cm³/mol. The van der Waals surface area contributed by atoms with Crippen LogP contribution in [-0.2, 0) is 36.7 Å². The Labute approximate surface area is 254 Å². The number of nitrogens with one attached hydrogen (secondary N) is 2. The molecule has 0 bridgehead atoms. The smallest absolute Gasteiger partial charge is 0.280 e. The van der Waals surface area contributed by atoms with E-state index in [0.29, 0.717) is 0 Å². The number of imidazole rings is 2. The van der Waals surface area contributed by atoms with Crippen molar-refractivity contribution in [1.29, 1.82) is 0 Å². The van der Waals surface area contributed by atoms with Crippen molar-refractivity contribution in [1.82, 2.24) is 39.0 Å². The van der Waals surface area contributed by atoms with Crippen LogP contribution in [0.15, 0.2) is 28.6 Å². The lowest BCUT2D eigenvalue weighted by Gasteiger charge is -2.31. The Kier molecular flexibility index (Phi) is 7.70. The summed E-state index contributed by atoms with van der Waals surface area (Å²) in [5.74, 6) is -0.291. The predicted octanol–water partition coefficient (Wildman–Crippen LogP) is -3.50. The Morgan fingerprint density at radius 3 is 2.15 bits per heavy atom. The van der Waals surface area contributed by atoms with Gasteiger partial charge in [0, 0.05) is 6.42 Å². The number of aromatic amines is 2. The van der Waals surface area contributed by atoms with E-state index >= 15 is 0 Å². The van der Waals surface area contributed by atoms with E-state index in [0.717, 1.165) is 23.5 Å². The van der Waals surface area contributed by atoms with Crippen molar-refractivity contribution in [3.05, 3.63) is 39.7 Å². The third-order valence-corrected chi connectivity index (χ3v) is 9.50. The molecule has 3 saturated heterocycles. The fourth-order valence-electron chi connectivity index (χ4n) is 5.51. The molecule has 23 nitrogen and oxygen atoms in total. The first-order chi connectivity index (χ1) is 21.8.